The van der Waals surface area contributed by atoms with Crippen LogP contribution in [0, 0.1) is 0 Å². The molecule has 3 aromatic heterocycles. The Morgan fingerprint density at radius 1 is 1.06 bits per heavy atom. The minimum Gasteiger partial charge on any atom is -0.378 e. The molecule has 4 heterocycles. The van der Waals surface area contributed by atoms with E-state index in [0.717, 1.165) is 29.8 Å². The number of rotatable bonds is 5. The Morgan fingerprint density at radius 2 is 1.88 bits per heavy atom. The van der Waals surface area contributed by atoms with Crippen LogP contribution in [0.5, 0.6) is 0 Å². The normalized spacial score (nSPS) is 14.1. The number of fused-ring (bicyclic) bond motifs is 1. The van der Waals surface area contributed by atoms with Gasteiger partial charge in [0.25, 0.3) is 5.91 Å². The molecule has 9 heteroatoms. The molecule has 168 valence electrons. The lowest BCUT2D eigenvalue weighted by Gasteiger charge is -2.27. The topological polar surface area (TPSA) is 98.1 Å². The highest BCUT2D eigenvalue weighted by molar-refractivity contribution is 6.05. The molecule has 1 aliphatic heterocycles. The summed E-state index contributed by atoms with van der Waals surface area (Å²) < 4.78 is 7.37. The Balaban J connectivity index is 1.38. The van der Waals surface area contributed by atoms with Crippen LogP contribution in [-0.4, -0.2) is 56.9 Å². The highest BCUT2D eigenvalue weighted by Gasteiger charge is 2.15. The van der Waals surface area contributed by atoms with Crippen LogP contribution in [0.15, 0.2) is 54.9 Å². The van der Waals surface area contributed by atoms with Crippen molar-refractivity contribution in [3.05, 3.63) is 60.4 Å². The number of nitrogens with one attached hydrogen (secondary N) is 1. The standard InChI is InChI=1S/C24H25N7O2/c1-16(2)31-15-25-29-23(31)19-4-3-5-21(26-19)28-24(32)18-7-6-17-8-9-22(27-20(17)14-18)30-10-12-33-13-11-30/h3-9,14-16H,10-13H2,1-2H3,(H,26,28,32). The maximum absolute atomic E-state index is 13.0. The predicted octanol–water partition coefficient (Wildman–Crippen LogP) is 3.56. The first kappa shape index (κ1) is 21.0. The maximum atomic E-state index is 13.0. The molecule has 1 aliphatic rings. The third-order valence-electron chi connectivity index (χ3n) is 5.62. The molecule has 5 rings (SSSR count). The van der Waals surface area contributed by atoms with Crippen molar-refractivity contribution in [1.29, 1.82) is 0 Å². The summed E-state index contributed by atoms with van der Waals surface area (Å²) in [7, 11) is 0. The molecule has 33 heavy (non-hydrogen) atoms. The van der Waals surface area contributed by atoms with Crippen LogP contribution in [0.1, 0.15) is 30.2 Å². The summed E-state index contributed by atoms with van der Waals surface area (Å²) in [4.78, 5) is 24.5. The Kier molecular flexibility index (Phi) is 5.70. The van der Waals surface area contributed by atoms with E-state index >= 15 is 0 Å². The zero-order chi connectivity index (χ0) is 22.8. The van der Waals surface area contributed by atoms with E-state index in [2.05, 4.69) is 39.2 Å². The SMILES string of the molecule is CC(C)n1cnnc1-c1cccc(NC(=O)c2ccc3ccc(N4CCOCC4)nc3c2)n1. The van der Waals surface area contributed by atoms with Gasteiger partial charge in [-0.3, -0.25) is 4.79 Å². The highest BCUT2D eigenvalue weighted by Crippen LogP contribution is 2.22. The van der Waals surface area contributed by atoms with Gasteiger partial charge in [0, 0.05) is 30.1 Å². The largest absolute Gasteiger partial charge is 0.378 e. The van der Waals surface area contributed by atoms with Crippen LogP contribution < -0.4 is 10.2 Å². The molecule has 0 unspecified atom stereocenters. The van der Waals surface area contributed by atoms with E-state index in [1.807, 2.05) is 41.0 Å². The number of carbonyl (C=O) groups excluding carboxylic acids is 1. The van der Waals surface area contributed by atoms with Crippen LogP contribution in [0.4, 0.5) is 11.6 Å². The number of benzene rings is 1. The van der Waals surface area contributed by atoms with Gasteiger partial charge in [-0.1, -0.05) is 12.1 Å². The fraction of sp³-hybridized carbons (Fsp3) is 0.292. The minimum atomic E-state index is -0.245. The molecule has 0 atom stereocenters. The Hall–Kier alpha value is -3.85. The third-order valence-corrected chi connectivity index (χ3v) is 5.62. The summed E-state index contributed by atoms with van der Waals surface area (Å²) in [6.07, 6.45) is 1.68. The van der Waals surface area contributed by atoms with Crippen molar-refractivity contribution in [2.75, 3.05) is 36.5 Å². The number of morpholine rings is 1. The Morgan fingerprint density at radius 3 is 2.70 bits per heavy atom. The van der Waals surface area contributed by atoms with E-state index in [-0.39, 0.29) is 11.9 Å². The number of hydrogen-bond acceptors (Lipinski definition) is 7. The number of anilines is 2. The van der Waals surface area contributed by atoms with Crippen molar-refractivity contribution in [3.63, 3.8) is 0 Å². The van der Waals surface area contributed by atoms with Crippen molar-refractivity contribution in [3.8, 4) is 11.5 Å². The van der Waals surface area contributed by atoms with Gasteiger partial charge in [0.2, 0.25) is 0 Å². The lowest BCUT2D eigenvalue weighted by molar-refractivity contribution is 0.102. The second-order valence-electron chi connectivity index (χ2n) is 8.19. The molecule has 1 fully saturated rings. The number of nitrogens with zero attached hydrogens (tertiary/aromatic N) is 6. The number of carbonyl (C=O) groups is 1. The molecule has 9 nitrogen and oxygen atoms in total. The molecule has 0 spiro atoms. The van der Waals surface area contributed by atoms with Crippen LogP contribution >= 0.6 is 0 Å². The average Bonchev–Trinajstić information content (AvgIpc) is 3.35. The van der Waals surface area contributed by atoms with Crippen molar-refractivity contribution in [2.24, 2.45) is 0 Å². The van der Waals surface area contributed by atoms with E-state index in [0.29, 0.717) is 36.1 Å². The number of hydrogen-bond donors (Lipinski definition) is 1. The van der Waals surface area contributed by atoms with Gasteiger partial charge < -0.3 is 19.5 Å². The zero-order valence-corrected chi connectivity index (χ0v) is 18.6. The lowest BCUT2D eigenvalue weighted by atomic mass is 10.1. The summed E-state index contributed by atoms with van der Waals surface area (Å²) in [6.45, 7) is 7.12. The van der Waals surface area contributed by atoms with Crippen molar-refractivity contribution in [1.82, 2.24) is 24.7 Å². The minimum absolute atomic E-state index is 0.197. The summed E-state index contributed by atoms with van der Waals surface area (Å²) >= 11 is 0. The molecular weight excluding hydrogens is 418 g/mol. The maximum Gasteiger partial charge on any atom is 0.256 e. The molecule has 0 saturated carbocycles. The molecule has 0 bridgehead atoms. The van der Waals surface area contributed by atoms with Crippen molar-refractivity contribution < 1.29 is 9.53 Å². The van der Waals surface area contributed by atoms with E-state index in [1.54, 1.807) is 18.5 Å². The molecule has 4 aromatic rings. The van der Waals surface area contributed by atoms with E-state index in [9.17, 15) is 4.79 Å². The van der Waals surface area contributed by atoms with E-state index < -0.39 is 0 Å². The van der Waals surface area contributed by atoms with Gasteiger partial charge in [-0.15, -0.1) is 10.2 Å². The first-order valence-electron chi connectivity index (χ1n) is 11.0. The summed E-state index contributed by atoms with van der Waals surface area (Å²) in [6, 6.07) is 15.2. The summed E-state index contributed by atoms with van der Waals surface area (Å²) in [5.41, 5.74) is 1.94. The fourth-order valence-corrected chi connectivity index (χ4v) is 3.84. The van der Waals surface area contributed by atoms with Gasteiger partial charge in [0.1, 0.15) is 23.7 Å². The average molecular weight is 444 g/mol. The first-order chi connectivity index (χ1) is 16.1. The van der Waals surface area contributed by atoms with Crippen LogP contribution in [0.3, 0.4) is 0 Å². The van der Waals surface area contributed by atoms with E-state index in [4.69, 9.17) is 9.72 Å². The first-order valence-corrected chi connectivity index (χ1v) is 11.0. The number of aromatic nitrogens is 5. The van der Waals surface area contributed by atoms with Gasteiger partial charge in [0.15, 0.2) is 5.82 Å². The zero-order valence-electron chi connectivity index (χ0n) is 18.6. The van der Waals surface area contributed by atoms with Gasteiger partial charge in [-0.05, 0) is 50.2 Å². The highest BCUT2D eigenvalue weighted by atomic mass is 16.5. The molecule has 0 aliphatic carbocycles. The smallest absolute Gasteiger partial charge is 0.256 e. The Bertz CT molecular complexity index is 1290. The monoisotopic (exact) mass is 443 g/mol. The molecule has 1 N–H and O–H groups in total. The van der Waals surface area contributed by atoms with Gasteiger partial charge in [-0.25, -0.2) is 9.97 Å². The molecule has 1 amide bonds. The third kappa shape index (κ3) is 4.40. The number of pyridine rings is 2. The van der Waals surface area contributed by atoms with E-state index in [1.165, 1.54) is 0 Å². The van der Waals surface area contributed by atoms with Gasteiger partial charge >= 0.3 is 0 Å². The van der Waals surface area contributed by atoms with Crippen molar-refractivity contribution >= 4 is 28.4 Å². The van der Waals surface area contributed by atoms with Crippen LogP contribution in [0.2, 0.25) is 0 Å². The van der Waals surface area contributed by atoms with Crippen LogP contribution in [0.25, 0.3) is 22.4 Å². The van der Waals surface area contributed by atoms with Crippen molar-refractivity contribution in [2.45, 2.75) is 19.9 Å². The molecule has 0 radical (unpaired) electrons. The lowest BCUT2D eigenvalue weighted by Crippen LogP contribution is -2.36. The number of amides is 1. The quantitative estimate of drug-likeness (QED) is 0.504. The van der Waals surface area contributed by atoms with Gasteiger partial charge in [-0.2, -0.15) is 0 Å². The second kappa shape index (κ2) is 8.95. The molecule has 1 saturated heterocycles. The fourth-order valence-electron chi connectivity index (χ4n) is 3.84. The summed E-state index contributed by atoms with van der Waals surface area (Å²) in [5.74, 6) is 1.76. The molecule has 1 aromatic carbocycles. The van der Waals surface area contributed by atoms with Crippen LogP contribution in [-0.2, 0) is 4.74 Å². The predicted molar refractivity (Wildman–Crippen MR) is 126 cm³/mol. The van der Waals surface area contributed by atoms with Gasteiger partial charge in [0.05, 0.1) is 18.7 Å². The summed E-state index contributed by atoms with van der Waals surface area (Å²) in [5, 5.41) is 12.1. The molecular formula is C24H25N7O2. The number of ether oxygens (including phenoxy) is 1. The Labute approximate surface area is 191 Å². The second-order valence-corrected chi connectivity index (χ2v) is 8.19.